The van der Waals surface area contributed by atoms with E-state index in [2.05, 4.69) is 0 Å². The number of halogens is 2. The summed E-state index contributed by atoms with van der Waals surface area (Å²) >= 11 is 0. The van der Waals surface area contributed by atoms with Gasteiger partial charge in [0.1, 0.15) is 0 Å². The molecule has 8 heavy (non-hydrogen) atoms. The van der Waals surface area contributed by atoms with Crippen molar-refractivity contribution in [3.05, 3.63) is 0 Å². The summed E-state index contributed by atoms with van der Waals surface area (Å²) in [6.45, 7) is 0. The molecule has 1 fully saturated rings. The first-order chi connectivity index (χ1) is 3.00. The topological polar surface area (TPSA) is 0 Å². The van der Waals surface area contributed by atoms with Crippen LogP contribution in [-0.2, 0) is 0 Å². The van der Waals surface area contributed by atoms with Gasteiger partial charge in [-0.25, -0.2) is 0 Å². The lowest BCUT2D eigenvalue weighted by Crippen LogP contribution is -1.85. The molecule has 0 aliphatic heterocycles. The Morgan fingerprint density at radius 3 is 0.625 bits per heavy atom. The van der Waals surface area contributed by atoms with Crippen LogP contribution in [0.15, 0.2) is 0 Å². The zero-order valence-electron chi connectivity index (χ0n) is 5.06. The van der Waals surface area contributed by atoms with Gasteiger partial charge in [-0.1, -0.05) is 38.5 Å². The normalized spacial score (nSPS) is 18.0. The number of hydrogen-bond acceptors (Lipinski definition) is 0. The van der Waals surface area contributed by atoms with Gasteiger partial charge in [-0.15, -0.1) is 0 Å². The molecule has 0 aromatic carbocycles. The maximum Gasteiger partial charge on any atom is -0.0533 e. The third kappa shape index (κ3) is 4.03. The van der Waals surface area contributed by atoms with Crippen LogP contribution in [0.5, 0.6) is 0 Å². The summed E-state index contributed by atoms with van der Waals surface area (Å²) in [6, 6.07) is 0. The van der Waals surface area contributed by atoms with E-state index >= 15 is 0 Å². The third-order valence-electron chi connectivity index (χ3n) is 1.50. The van der Waals surface area contributed by atoms with Gasteiger partial charge < -0.3 is 0 Å². The zero-order chi connectivity index (χ0) is 4.24. The SMILES string of the molecule is C1CCCCC1.F.F. The molecule has 52 valence electrons. The van der Waals surface area contributed by atoms with E-state index in [0.29, 0.717) is 0 Å². The molecule has 0 atom stereocenters. The van der Waals surface area contributed by atoms with Gasteiger partial charge in [0.05, 0.1) is 0 Å². The lowest BCUT2D eigenvalue weighted by Gasteiger charge is -2.05. The molecule has 0 unspecified atom stereocenters. The Hall–Kier alpha value is -0.140. The largest absolute Gasteiger partial charge is 0.269 e. The van der Waals surface area contributed by atoms with E-state index in [1.807, 2.05) is 0 Å². The van der Waals surface area contributed by atoms with E-state index in [1.165, 1.54) is 38.5 Å². The molecule has 1 rings (SSSR count). The van der Waals surface area contributed by atoms with E-state index in [4.69, 9.17) is 0 Å². The van der Waals surface area contributed by atoms with Crippen LogP contribution in [0.1, 0.15) is 38.5 Å². The molecule has 0 spiro atoms. The van der Waals surface area contributed by atoms with Crippen molar-refractivity contribution >= 4 is 0 Å². The van der Waals surface area contributed by atoms with Crippen molar-refractivity contribution < 1.29 is 9.41 Å². The van der Waals surface area contributed by atoms with Crippen molar-refractivity contribution in [3.8, 4) is 0 Å². The van der Waals surface area contributed by atoms with Gasteiger partial charge in [-0.2, -0.15) is 0 Å². The maximum absolute atomic E-state index is 1.50. The van der Waals surface area contributed by atoms with Crippen LogP contribution in [0.2, 0.25) is 0 Å². The molecule has 0 heterocycles. The smallest absolute Gasteiger partial charge is 0.0533 e. The van der Waals surface area contributed by atoms with Crippen LogP contribution in [0.25, 0.3) is 0 Å². The molecule has 1 saturated carbocycles. The highest BCUT2D eigenvalue weighted by Crippen LogP contribution is 2.15. The molecular formula is C6H14F2. The fourth-order valence-electron chi connectivity index (χ4n) is 1.06. The Bertz CT molecular complexity index is 22.0. The summed E-state index contributed by atoms with van der Waals surface area (Å²) in [5, 5.41) is 0. The minimum atomic E-state index is 0. The van der Waals surface area contributed by atoms with Gasteiger partial charge in [0, 0.05) is 0 Å². The molecule has 0 aromatic rings. The first-order valence-electron chi connectivity index (χ1n) is 3.00. The highest BCUT2D eigenvalue weighted by Gasteiger charge is 1.95. The summed E-state index contributed by atoms with van der Waals surface area (Å²) < 4.78 is 0. The Balaban J connectivity index is 0. The van der Waals surface area contributed by atoms with Crippen molar-refractivity contribution in [1.82, 2.24) is 0 Å². The molecule has 0 N–H and O–H groups in total. The van der Waals surface area contributed by atoms with Gasteiger partial charge in [0.2, 0.25) is 0 Å². The van der Waals surface area contributed by atoms with Gasteiger partial charge in [0.15, 0.2) is 0 Å². The molecule has 1 aliphatic rings. The third-order valence-corrected chi connectivity index (χ3v) is 1.50. The molecule has 0 amide bonds. The highest BCUT2D eigenvalue weighted by molar-refractivity contribution is 4.51. The lowest BCUT2D eigenvalue weighted by molar-refractivity contribution is 0.504. The van der Waals surface area contributed by atoms with Crippen molar-refractivity contribution in [2.24, 2.45) is 0 Å². The van der Waals surface area contributed by atoms with E-state index in [9.17, 15) is 0 Å². The van der Waals surface area contributed by atoms with Gasteiger partial charge in [-0.05, 0) is 0 Å². The summed E-state index contributed by atoms with van der Waals surface area (Å²) in [4.78, 5) is 0. The Labute approximate surface area is 49.0 Å². The summed E-state index contributed by atoms with van der Waals surface area (Å²) in [7, 11) is 0. The molecule has 0 aromatic heterocycles. The summed E-state index contributed by atoms with van der Waals surface area (Å²) in [5.74, 6) is 0. The molecular weight excluding hydrogens is 110 g/mol. The fourth-order valence-corrected chi connectivity index (χ4v) is 1.06. The minimum absolute atomic E-state index is 0. The average molecular weight is 124 g/mol. The van der Waals surface area contributed by atoms with E-state index in [1.54, 1.807) is 0 Å². The van der Waals surface area contributed by atoms with Gasteiger partial charge in [0.25, 0.3) is 0 Å². The molecule has 0 bridgehead atoms. The second-order valence-electron chi connectivity index (χ2n) is 2.12. The summed E-state index contributed by atoms with van der Waals surface area (Å²) in [6.07, 6.45) is 9.00. The van der Waals surface area contributed by atoms with Crippen LogP contribution >= 0.6 is 0 Å². The molecule has 2 heteroatoms. The fraction of sp³-hybridized carbons (Fsp3) is 1.00. The predicted octanol–water partition coefficient (Wildman–Crippen LogP) is 2.65. The van der Waals surface area contributed by atoms with Crippen LogP contribution < -0.4 is 0 Å². The van der Waals surface area contributed by atoms with Crippen molar-refractivity contribution in [2.45, 2.75) is 38.5 Å². The molecule has 1 aliphatic carbocycles. The van der Waals surface area contributed by atoms with Crippen LogP contribution in [-0.4, -0.2) is 0 Å². The second-order valence-corrected chi connectivity index (χ2v) is 2.12. The first-order valence-corrected chi connectivity index (χ1v) is 3.00. The highest BCUT2D eigenvalue weighted by atomic mass is 19.0. The number of hydrogen-bond donors (Lipinski definition) is 0. The average Bonchev–Trinajstić information content (AvgIpc) is 1.72. The van der Waals surface area contributed by atoms with Crippen molar-refractivity contribution in [2.75, 3.05) is 0 Å². The van der Waals surface area contributed by atoms with Gasteiger partial charge in [-0.3, -0.25) is 9.41 Å². The van der Waals surface area contributed by atoms with E-state index in [0.717, 1.165) is 0 Å². The molecule has 0 nitrogen and oxygen atoms in total. The first kappa shape index (κ1) is 10.8. The Morgan fingerprint density at radius 2 is 0.500 bits per heavy atom. The predicted molar refractivity (Wildman–Crippen MR) is 32.7 cm³/mol. The van der Waals surface area contributed by atoms with Gasteiger partial charge >= 0.3 is 0 Å². The minimum Gasteiger partial charge on any atom is -0.269 e. The van der Waals surface area contributed by atoms with Crippen molar-refractivity contribution in [3.63, 3.8) is 0 Å². The monoisotopic (exact) mass is 124 g/mol. The Morgan fingerprint density at radius 1 is 0.375 bits per heavy atom. The second kappa shape index (κ2) is 6.86. The zero-order valence-corrected chi connectivity index (χ0v) is 5.06. The van der Waals surface area contributed by atoms with Crippen molar-refractivity contribution in [1.29, 1.82) is 0 Å². The van der Waals surface area contributed by atoms with E-state index in [-0.39, 0.29) is 9.41 Å². The molecule has 0 radical (unpaired) electrons. The van der Waals surface area contributed by atoms with Crippen LogP contribution in [0.3, 0.4) is 0 Å². The maximum atomic E-state index is 1.50. The lowest BCUT2D eigenvalue weighted by atomic mass is 10.0. The quantitative estimate of drug-likeness (QED) is 0.465. The van der Waals surface area contributed by atoms with E-state index < -0.39 is 0 Å². The summed E-state index contributed by atoms with van der Waals surface area (Å²) in [5.41, 5.74) is 0. The van der Waals surface area contributed by atoms with Crippen LogP contribution in [0.4, 0.5) is 9.41 Å². The Kier molecular flexibility index (Phi) is 9.24. The number of rotatable bonds is 0. The molecule has 0 saturated heterocycles. The van der Waals surface area contributed by atoms with Crippen LogP contribution in [0, 0.1) is 0 Å². The standard InChI is InChI=1S/C6H12.2FH/c1-2-4-6-5-3-1;;/h1-6H2;2*1H.